The number of amides is 4. The summed E-state index contributed by atoms with van der Waals surface area (Å²) in [5.74, 6) is 0.611. The van der Waals surface area contributed by atoms with E-state index in [4.69, 9.17) is 4.74 Å². The Morgan fingerprint density at radius 2 is 1.68 bits per heavy atom. The van der Waals surface area contributed by atoms with Crippen molar-refractivity contribution in [1.29, 1.82) is 0 Å². The first-order valence-electron chi connectivity index (χ1n) is 13.0. The number of piperidine rings is 1. The van der Waals surface area contributed by atoms with Crippen molar-refractivity contribution in [1.82, 2.24) is 20.4 Å². The van der Waals surface area contributed by atoms with Crippen molar-refractivity contribution in [2.24, 2.45) is 5.41 Å². The normalized spacial score (nSPS) is 18.1. The van der Waals surface area contributed by atoms with E-state index in [-0.39, 0.29) is 42.8 Å². The molecule has 0 unspecified atom stereocenters. The number of urea groups is 1. The van der Waals surface area contributed by atoms with Gasteiger partial charge in [0.1, 0.15) is 11.3 Å². The molecule has 9 heteroatoms. The maximum absolute atomic E-state index is 13.3. The van der Waals surface area contributed by atoms with Crippen LogP contribution in [0.5, 0.6) is 5.75 Å². The van der Waals surface area contributed by atoms with E-state index in [1.807, 2.05) is 75.4 Å². The molecule has 2 heterocycles. The molecule has 1 spiro atoms. The number of nitrogens with zero attached hydrogens (tertiary/aromatic N) is 2. The van der Waals surface area contributed by atoms with E-state index in [2.05, 4.69) is 15.5 Å². The van der Waals surface area contributed by atoms with Gasteiger partial charge < -0.3 is 20.3 Å². The summed E-state index contributed by atoms with van der Waals surface area (Å²) in [6.45, 7) is 8.19. The van der Waals surface area contributed by atoms with Crippen LogP contribution in [0.4, 0.5) is 4.79 Å². The number of carbonyl (C=O) groups excluding carboxylic acids is 3. The molecule has 38 heavy (non-hydrogen) atoms. The van der Waals surface area contributed by atoms with E-state index in [0.717, 1.165) is 29.8 Å². The van der Waals surface area contributed by atoms with E-state index >= 15 is 0 Å². The predicted molar refractivity (Wildman–Crippen MR) is 149 cm³/mol. The molecule has 2 saturated heterocycles. The standard InChI is InChI=1S/C29H38N4O4.ClH/c1-28(2,3)25(34)30-24(22-8-6-5-7-9-22)14-17-32-18-15-29(16-19-32)26(35)33(27(36)31-29)20-21-10-12-23(37-4)13-11-21;/h5-13,24H,14-20H2,1-4H3,(H,30,34)(H,31,36);1H/t24-;/m0./s1. The van der Waals surface area contributed by atoms with Gasteiger partial charge in [0, 0.05) is 25.0 Å². The SMILES string of the molecule is COc1ccc(CN2C(=O)NC3(CCN(CC[C@H](NC(=O)C(C)(C)C)c4ccccc4)CC3)C2=O)cc1.Cl. The van der Waals surface area contributed by atoms with Gasteiger partial charge in [0.2, 0.25) is 5.91 Å². The highest BCUT2D eigenvalue weighted by atomic mass is 35.5. The quantitative estimate of drug-likeness (QED) is 0.485. The molecular weight excluding hydrogens is 504 g/mol. The highest BCUT2D eigenvalue weighted by molar-refractivity contribution is 6.07. The molecule has 2 aromatic carbocycles. The number of halogens is 1. The molecule has 4 amide bonds. The zero-order valence-electron chi connectivity index (χ0n) is 22.7. The molecule has 206 valence electrons. The zero-order valence-corrected chi connectivity index (χ0v) is 23.5. The van der Waals surface area contributed by atoms with Crippen LogP contribution >= 0.6 is 12.4 Å². The average molecular weight is 543 g/mol. The van der Waals surface area contributed by atoms with E-state index in [9.17, 15) is 14.4 Å². The molecule has 0 saturated carbocycles. The van der Waals surface area contributed by atoms with Crippen molar-refractivity contribution >= 4 is 30.3 Å². The summed E-state index contributed by atoms with van der Waals surface area (Å²) in [5, 5.41) is 6.21. The van der Waals surface area contributed by atoms with Crippen molar-refractivity contribution in [3.8, 4) is 5.75 Å². The number of hydrogen-bond donors (Lipinski definition) is 2. The number of likely N-dealkylation sites (tertiary alicyclic amines) is 1. The van der Waals surface area contributed by atoms with Gasteiger partial charge in [-0.25, -0.2) is 4.79 Å². The Morgan fingerprint density at radius 3 is 2.26 bits per heavy atom. The minimum atomic E-state index is -0.834. The lowest BCUT2D eigenvalue weighted by Crippen LogP contribution is -2.55. The Bertz CT molecular complexity index is 1110. The molecular formula is C29H39ClN4O4. The van der Waals surface area contributed by atoms with Gasteiger partial charge >= 0.3 is 6.03 Å². The van der Waals surface area contributed by atoms with E-state index in [1.54, 1.807) is 7.11 Å². The molecule has 2 fully saturated rings. The summed E-state index contributed by atoms with van der Waals surface area (Å²) >= 11 is 0. The minimum Gasteiger partial charge on any atom is -0.497 e. The topological polar surface area (TPSA) is 91.0 Å². The lowest BCUT2D eigenvalue weighted by molar-refractivity contribution is -0.133. The average Bonchev–Trinajstić information content (AvgIpc) is 3.11. The van der Waals surface area contributed by atoms with Crippen LogP contribution in [0.15, 0.2) is 54.6 Å². The summed E-state index contributed by atoms with van der Waals surface area (Å²) in [6.07, 6.45) is 1.91. The van der Waals surface area contributed by atoms with Crippen LogP contribution in [0.2, 0.25) is 0 Å². The van der Waals surface area contributed by atoms with Crippen LogP contribution in [-0.4, -0.2) is 59.9 Å². The maximum atomic E-state index is 13.3. The first kappa shape index (κ1) is 29.5. The summed E-state index contributed by atoms with van der Waals surface area (Å²) in [7, 11) is 1.60. The van der Waals surface area contributed by atoms with Gasteiger partial charge in [0.15, 0.2) is 0 Å². The van der Waals surface area contributed by atoms with Crippen molar-refractivity contribution in [3.63, 3.8) is 0 Å². The first-order valence-corrected chi connectivity index (χ1v) is 13.0. The number of carbonyl (C=O) groups is 3. The van der Waals surface area contributed by atoms with Crippen LogP contribution in [0.25, 0.3) is 0 Å². The highest BCUT2D eigenvalue weighted by Gasteiger charge is 2.52. The zero-order chi connectivity index (χ0) is 26.6. The summed E-state index contributed by atoms with van der Waals surface area (Å²) in [6, 6.07) is 17.0. The summed E-state index contributed by atoms with van der Waals surface area (Å²) < 4.78 is 5.19. The molecule has 2 aromatic rings. The number of rotatable bonds is 8. The Kier molecular flexibility index (Phi) is 9.44. The Morgan fingerprint density at radius 1 is 1.05 bits per heavy atom. The van der Waals surface area contributed by atoms with E-state index in [0.29, 0.717) is 25.9 Å². The Hall–Kier alpha value is -3.10. The summed E-state index contributed by atoms with van der Waals surface area (Å²) in [5.41, 5.74) is 0.659. The Labute approximate surface area is 231 Å². The number of nitrogens with one attached hydrogen (secondary N) is 2. The molecule has 8 nitrogen and oxygen atoms in total. The largest absolute Gasteiger partial charge is 0.497 e. The van der Waals surface area contributed by atoms with Gasteiger partial charge in [-0.2, -0.15) is 0 Å². The minimum absolute atomic E-state index is 0. The second kappa shape index (κ2) is 12.2. The number of imide groups is 1. The second-order valence-electron chi connectivity index (χ2n) is 11.1. The molecule has 4 rings (SSSR count). The summed E-state index contributed by atoms with van der Waals surface area (Å²) in [4.78, 5) is 42.4. The smallest absolute Gasteiger partial charge is 0.325 e. The van der Waals surface area contributed by atoms with Gasteiger partial charge in [-0.3, -0.25) is 14.5 Å². The monoisotopic (exact) mass is 542 g/mol. The molecule has 2 aliphatic heterocycles. The molecule has 2 N–H and O–H groups in total. The third kappa shape index (κ3) is 6.66. The molecule has 0 bridgehead atoms. The van der Waals surface area contributed by atoms with Gasteiger partial charge in [0.05, 0.1) is 19.7 Å². The van der Waals surface area contributed by atoms with Crippen molar-refractivity contribution in [2.45, 2.75) is 58.2 Å². The van der Waals surface area contributed by atoms with Crippen LogP contribution < -0.4 is 15.4 Å². The number of methoxy groups -OCH3 is 1. The van der Waals surface area contributed by atoms with Gasteiger partial charge in [0.25, 0.3) is 5.91 Å². The highest BCUT2D eigenvalue weighted by Crippen LogP contribution is 2.31. The number of benzene rings is 2. The molecule has 0 radical (unpaired) electrons. The fraction of sp³-hybridized carbons (Fsp3) is 0.483. The molecule has 2 aliphatic rings. The van der Waals surface area contributed by atoms with Gasteiger partial charge in [-0.05, 0) is 42.5 Å². The van der Waals surface area contributed by atoms with Crippen molar-refractivity contribution < 1.29 is 19.1 Å². The van der Waals surface area contributed by atoms with E-state index in [1.165, 1.54) is 4.90 Å². The van der Waals surface area contributed by atoms with Crippen LogP contribution in [-0.2, 0) is 16.1 Å². The third-order valence-corrected chi connectivity index (χ3v) is 7.38. The maximum Gasteiger partial charge on any atom is 0.325 e. The van der Waals surface area contributed by atoms with Crippen LogP contribution in [0.3, 0.4) is 0 Å². The van der Waals surface area contributed by atoms with Gasteiger partial charge in [-0.1, -0.05) is 63.2 Å². The fourth-order valence-electron chi connectivity index (χ4n) is 4.92. The second-order valence-corrected chi connectivity index (χ2v) is 11.1. The lowest BCUT2D eigenvalue weighted by atomic mass is 9.87. The van der Waals surface area contributed by atoms with Crippen LogP contribution in [0, 0.1) is 5.41 Å². The number of ether oxygens (including phenoxy) is 1. The molecule has 0 aliphatic carbocycles. The third-order valence-electron chi connectivity index (χ3n) is 7.38. The lowest BCUT2D eigenvalue weighted by Gasteiger charge is -2.38. The molecule has 1 atom stereocenters. The molecule has 0 aromatic heterocycles. The van der Waals surface area contributed by atoms with Gasteiger partial charge in [-0.15, -0.1) is 12.4 Å². The first-order chi connectivity index (χ1) is 17.6. The number of hydrogen-bond acceptors (Lipinski definition) is 5. The predicted octanol–water partition coefficient (Wildman–Crippen LogP) is 4.30. The van der Waals surface area contributed by atoms with Crippen LogP contribution in [0.1, 0.15) is 57.2 Å². The van der Waals surface area contributed by atoms with Crippen molar-refractivity contribution in [3.05, 3.63) is 65.7 Å². The fourth-order valence-corrected chi connectivity index (χ4v) is 4.92. The van der Waals surface area contributed by atoms with E-state index < -0.39 is 11.0 Å². The van der Waals surface area contributed by atoms with Crippen molar-refractivity contribution in [2.75, 3.05) is 26.7 Å². The Balaban J connectivity index is 0.00000400.